The maximum absolute atomic E-state index is 14.1. The first kappa shape index (κ1) is 25.0. The molecule has 3 aliphatic heterocycles. The largest absolute Gasteiger partial charge is 0.369 e. The predicted molar refractivity (Wildman–Crippen MR) is 130 cm³/mol. The monoisotopic (exact) mass is 483 g/mol. The number of amides is 2. The van der Waals surface area contributed by atoms with Crippen LogP contribution >= 0.6 is 0 Å². The van der Waals surface area contributed by atoms with Crippen molar-refractivity contribution in [2.24, 2.45) is 16.3 Å². The number of nitrogens with two attached hydrogens (primary N) is 1. The van der Waals surface area contributed by atoms with Gasteiger partial charge in [0.25, 0.3) is 0 Å². The molecule has 3 fully saturated rings. The topological polar surface area (TPSA) is 145 Å². The number of likely N-dealkylation sites (tertiary alicyclic amines) is 1. The van der Waals surface area contributed by atoms with Gasteiger partial charge in [0.05, 0.1) is 18.1 Å². The van der Waals surface area contributed by atoms with Crippen molar-refractivity contribution in [2.75, 3.05) is 51.3 Å². The minimum Gasteiger partial charge on any atom is -0.369 e. The van der Waals surface area contributed by atoms with E-state index in [2.05, 4.69) is 26.9 Å². The van der Waals surface area contributed by atoms with Crippen LogP contribution in [-0.2, 0) is 14.3 Å². The Morgan fingerprint density at radius 3 is 2.51 bits per heavy atom. The average molecular weight is 484 g/mol. The number of anilines is 1. The van der Waals surface area contributed by atoms with Gasteiger partial charge in [-0.2, -0.15) is 0 Å². The van der Waals surface area contributed by atoms with E-state index < -0.39 is 35.4 Å². The second-order valence-corrected chi connectivity index (χ2v) is 10.7. The van der Waals surface area contributed by atoms with Crippen LogP contribution in [0.25, 0.3) is 10.4 Å². The molecule has 4 rings (SSSR count). The molecule has 3 aliphatic rings. The van der Waals surface area contributed by atoms with E-state index in [1.54, 1.807) is 6.07 Å². The van der Waals surface area contributed by atoms with Gasteiger partial charge in [-0.05, 0) is 41.8 Å². The number of Topliss-reactive ketones (excluding diaryl/α,β-unsaturated/α-hetero) is 1. The molecule has 3 saturated heterocycles. The number of hydrogen-bond acceptors (Lipinski definition) is 7. The van der Waals surface area contributed by atoms with Gasteiger partial charge in [0, 0.05) is 48.9 Å². The van der Waals surface area contributed by atoms with Crippen LogP contribution in [0.3, 0.4) is 0 Å². The fourth-order valence-electron chi connectivity index (χ4n) is 5.44. The number of fused-ring (bicyclic) bond motifs is 1. The van der Waals surface area contributed by atoms with Crippen LogP contribution in [0.15, 0.2) is 23.3 Å². The summed E-state index contributed by atoms with van der Waals surface area (Å²) in [6, 6.07) is 4.01. The normalized spacial score (nSPS) is 25.8. The lowest BCUT2D eigenvalue weighted by Crippen LogP contribution is -2.47. The van der Waals surface area contributed by atoms with Crippen molar-refractivity contribution in [3.05, 3.63) is 39.8 Å². The van der Waals surface area contributed by atoms with E-state index in [0.717, 1.165) is 31.9 Å². The summed E-state index contributed by atoms with van der Waals surface area (Å²) in [6.45, 7) is 9.22. The van der Waals surface area contributed by atoms with Gasteiger partial charge in [-0.25, -0.2) is 0 Å². The number of rotatable bonds is 5. The first-order valence-electron chi connectivity index (χ1n) is 11.9. The number of carbonyl (C=O) groups is 3. The minimum atomic E-state index is -0.805. The lowest BCUT2D eigenvalue weighted by Gasteiger charge is -2.37. The summed E-state index contributed by atoms with van der Waals surface area (Å²) in [7, 11) is 2.08. The summed E-state index contributed by atoms with van der Waals surface area (Å²) >= 11 is 0. The molecular formula is C24H33N7O4. The molecule has 2 N–H and O–H groups in total. The summed E-state index contributed by atoms with van der Waals surface area (Å²) in [4.78, 5) is 48.1. The molecule has 0 unspecified atom stereocenters. The summed E-state index contributed by atoms with van der Waals surface area (Å²) < 4.78 is 5.58. The van der Waals surface area contributed by atoms with E-state index >= 15 is 0 Å². The molecule has 4 atom stereocenters. The van der Waals surface area contributed by atoms with E-state index in [1.165, 1.54) is 4.90 Å². The molecule has 0 aliphatic carbocycles. The number of likely N-dealkylation sites (N-methyl/N-ethyl adjacent to an activating group) is 1. The van der Waals surface area contributed by atoms with Crippen molar-refractivity contribution in [3.8, 4) is 0 Å². The first-order valence-corrected chi connectivity index (χ1v) is 11.9. The summed E-state index contributed by atoms with van der Waals surface area (Å²) in [5, 5.41) is 3.78. The molecule has 0 radical (unpaired) electrons. The number of piperazine rings is 1. The average Bonchev–Trinajstić information content (AvgIpc) is 3.34. The maximum atomic E-state index is 14.1. The predicted octanol–water partition coefficient (Wildman–Crippen LogP) is 1.52. The standard InChI is InChI=1S/C24H33N7O4/c1-24(2,3)19(23(34)31-12-17(27-28-26)21-20(31)18(32)13-35-21)16-11-14(5-6-15(16)22(25)33)30-9-7-29(4)8-10-30/h5-6,11,17,19-21H,7-10,12-13H2,1-4H3,(H2,25,33)/t17-,19+,20-,21-/m1/s1. The molecule has 188 valence electrons. The molecule has 11 heteroatoms. The van der Waals surface area contributed by atoms with Crippen molar-refractivity contribution in [2.45, 2.75) is 44.9 Å². The van der Waals surface area contributed by atoms with Crippen LogP contribution in [0, 0.1) is 5.41 Å². The zero-order chi connectivity index (χ0) is 25.5. The highest BCUT2D eigenvalue weighted by molar-refractivity contribution is 5.99. The Hall–Kier alpha value is -3.14. The third-order valence-electron chi connectivity index (χ3n) is 7.23. The van der Waals surface area contributed by atoms with Crippen LogP contribution < -0.4 is 10.6 Å². The molecule has 0 spiro atoms. The van der Waals surface area contributed by atoms with Crippen LogP contribution in [0.1, 0.15) is 42.6 Å². The Morgan fingerprint density at radius 1 is 1.23 bits per heavy atom. The number of azide groups is 1. The van der Waals surface area contributed by atoms with Gasteiger partial charge >= 0.3 is 0 Å². The Morgan fingerprint density at radius 2 is 1.91 bits per heavy atom. The molecule has 1 aromatic rings. The molecular weight excluding hydrogens is 450 g/mol. The number of primary amides is 1. The highest BCUT2D eigenvalue weighted by Gasteiger charge is 2.54. The van der Waals surface area contributed by atoms with E-state index in [1.807, 2.05) is 32.9 Å². The Balaban J connectivity index is 1.76. The molecule has 0 aromatic heterocycles. The van der Waals surface area contributed by atoms with E-state index in [9.17, 15) is 14.4 Å². The summed E-state index contributed by atoms with van der Waals surface area (Å²) in [5.41, 5.74) is 15.9. The summed E-state index contributed by atoms with van der Waals surface area (Å²) in [5.74, 6) is -1.89. The van der Waals surface area contributed by atoms with Crippen molar-refractivity contribution >= 4 is 23.3 Å². The quantitative estimate of drug-likeness (QED) is 0.382. The Kier molecular flexibility index (Phi) is 6.77. The van der Waals surface area contributed by atoms with Gasteiger partial charge in [-0.15, -0.1) is 0 Å². The Bertz CT molecular complexity index is 1070. The summed E-state index contributed by atoms with van der Waals surface area (Å²) in [6.07, 6.45) is -0.657. The third-order valence-corrected chi connectivity index (χ3v) is 7.23. The van der Waals surface area contributed by atoms with Gasteiger partial charge in [0.2, 0.25) is 11.8 Å². The second kappa shape index (κ2) is 9.49. The van der Waals surface area contributed by atoms with Crippen molar-refractivity contribution in [1.29, 1.82) is 0 Å². The van der Waals surface area contributed by atoms with E-state index in [-0.39, 0.29) is 30.4 Å². The van der Waals surface area contributed by atoms with Crippen molar-refractivity contribution in [3.63, 3.8) is 0 Å². The minimum absolute atomic E-state index is 0.0839. The molecule has 3 heterocycles. The number of ether oxygens (including phenoxy) is 1. The number of benzene rings is 1. The molecule has 0 saturated carbocycles. The van der Waals surface area contributed by atoms with E-state index in [4.69, 9.17) is 16.0 Å². The van der Waals surface area contributed by atoms with Crippen LogP contribution in [0.5, 0.6) is 0 Å². The lowest BCUT2D eigenvalue weighted by molar-refractivity contribution is -0.139. The highest BCUT2D eigenvalue weighted by atomic mass is 16.5. The number of ketones is 1. The van der Waals surface area contributed by atoms with Gasteiger partial charge in [0.1, 0.15) is 12.6 Å². The zero-order valence-corrected chi connectivity index (χ0v) is 20.7. The second-order valence-electron chi connectivity index (χ2n) is 10.7. The third kappa shape index (κ3) is 4.71. The molecule has 11 nitrogen and oxygen atoms in total. The fourth-order valence-corrected chi connectivity index (χ4v) is 5.44. The number of nitrogens with zero attached hydrogens (tertiary/aromatic N) is 6. The fraction of sp³-hybridized carbons (Fsp3) is 0.625. The molecule has 35 heavy (non-hydrogen) atoms. The van der Waals surface area contributed by atoms with Gasteiger partial charge in [0.15, 0.2) is 5.78 Å². The number of carbonyl (C=O) groups excluding carboxylic acids is 3. The number of hydrogen-bond donors (Lipinski definition) is 1. The van der Waals surface area contributed by atoms with Gasteiger partial charge in [-0.1, -0.05) is 25.9 Å². The zero-order valence-electron chi connectivity index (χ0n) is 20.7. The molecule has 2 amide bonds. The molecule has 0 bridgehead atoms. The Labute approximate surface area is 204 Å². The van der Waals surface area contributed by atoms with Crippen LogP contribution in [-0.4, -0.2) is 92.0 Å². The van der Waals surface area contributed by atoms with Gasteiger partial charge < -0.3 is 25.2 Å². The van der Waals surface area contributed by atoms with Crippen molar-refractivity contribution in [1.82, 2.24) is 9.80 Å². The maximum Gasteiger partial charge on any atom is 0.249 e. The SMILES string of the molecule is CN1CCN(c2ccc(C(N)=O)c([C@@H](C(=O)N3C[C@@H](N=[N+]=[N-])[C@H]4OCC(=O)[C@H]43)C(C)(C)C)c2)CC1. The molecule has 1 aromatic carbocycles. The van der Waals surface area contributed by atoms with E-state index in [0.29, 0.717) is 5.56 Å². The smallest absolute Gasteiger partial charge is 0.249 e. The van der Waals surface area contributed by atoms with Crippen LogP contribution in [0.4, 0.5) is 5.69 Å². The van der Waals surface area contributed by atoms with Gasteiger partial charge in [-0.3, -0.25) is 14.4 Å². The first-order chi connectivity index (χ1) is 16.5. The highest BCUT2D eigenvalue weighted by Crippen LogP contribution is 2.42. The van der Waals surface area contributed by atoms with Crippen molar-refractivity contribution < 1.29 is 19.1 Å². The van der Waals surface area contributed by atoms with Crippen LogP contribution in [0.2, 0.25) is 0 Å². The lowest BCUT2D eigenvalue weighted by atomic mass is 9.73.